The Morgan fingerprint density at radius 2 is 1.04 bits per heavy atom. The normalized spacial score (nSPS) is 11.6. The third-order valence-electron chi connectivity index (χ3n) is 8.48. The van der Waals surface area contributed by atoms with Crippen molar-refractivity contribution in [2.45, 2.75) is 0 Å². The Morgan fingerprint density at radius 1 is 0.422 bits per heavy atom. The fraction of sp³-hybridized carbons (Fsp3) is 0. The molecule has 0 atom stereocenters. The summed E-state index contributed by atoms with van der Waals surface area (Å²) in [4.78, 5) is 7.20. The fourth-order valence-corrected chi connectivity index (χ4v) is 6.28. The number of hydrogen-bond acceptors (Lipinski definition) is 4. The van der Waals surface area contributed by atoms with Gasteiger partial charge >= 0.3 is 0 Å². The van der Waals surface area contributed by atoms with Gasteiger partial charge in [-0.25, -0.2) is 4.98 Å². The van der Waals surface area contributed by atoms with E-state index in [0.717, 1.165) is 55.7 Å². The van der Waals surface area contributed by atoms with E-state index in [-0.39, 0.29) is 0 Å². The zero-order chi connectivity index (χ0) is 29.7. The molecule has 2 aromatic heterocycles. The summed E-state index contributed by atoms with van der Waals surface area (Å²) in [5.74, 6) is 0.602. The minimum atomic E-state index is 0.602. The average molecular weight is 579 g/mol. The van der Waals surface area contributed by atoms with Gasteiger partial charge in [-0.3, -0.25) is 0 Å². The first kappa shape index (κ1) is 25.4. The van der Waals surface area contributed by atoms with Gasteiger partial charge in [0.1, 0.15) is 16.7 Å². The topological polar surface area (TPSA) is 42.4 Å². The zero-order valence-electron chi connectivity index (χ0n) is 24.2. The Morgan fingerprint density at radius 3 is 1.84 bits per heavy atom. The second-order valence-electron chi connectivity index (χ2n) is 11.2. The second kappa shape index (κ2) is 10.2. The predicted molar refractivity (Wildman–Crippen MR) is 184 cm³/mol. The summed E-state index contributed by atoms with van der Waals surface area (Å²) in [6, 6.07) is 54.6. The van der Waals surface area contributed by atoms with E-state index in [1.165, 1.54) is 21.9 Å². The maximum absolute atomic E-state index is 6.48. The molecule has 9 rings (SSSR count). The molecule has 45 heavy (non-hydrogen) atoms. The van der Waals surface area contributed by atoms with Gasteiger partial charge in [-0.2, -0.15) is 0 Å². The van der Waals surface area contributed by atoms with Crippen LogP contribution in [0.3, 0.4) is 0 Å². The monoisotopic (exact) mass is 578 g/mol. The Bertz CT molecular complexity index is 2480. The van der Waals surface area contributed by atoms with Crippen molar-refractivity contribution in [2.24, 2.45) is 0 Å². The lowest BCUT2D eigenvalue weighted by atomic mass is 10.0. The first-order valence-corrected chi connectivity index (χ1v) is 15.0. The molecule has 0 aliphatic rings. The summed E-state index contributed by atoms with van der Waals surface area (Å²) >= 11 is 0. The van der Waals surface area contributed by atoms with Crippen molar-refractivity contribution in [3.63, 3.8) is 0 Å². The van der Waals surface area contributed by atoms with Gasteiger partial charge in [0.15, 0.2) is 5.58 Å². The SMILES string of the molecule is c1ccc(-c2ccc(N(c3ccc4ccccc4c3)c3ccc4c(c3)oc3ccc5oc(-c6ccccc6)nc5c34)cc2)cc1. The number of furan rings is 1. The maximum atomic E-state index is 6.48. The lowest BCUT2D eigenvalue weighted by Crippen LogP contribution is -2.09. The molecule has 0 bridgehead atoms. The van der Waals surface area contributed by atoms with Gasteiger partial charge in [-0.1, -0.05) is 91.0 Å². The number of nitrogens with zero attached hydrogens (tertiary/aromatic N) is 2. The molecular weight excluding hydrogens is 552 g/mol. The Balaban J connectivity index is 1.20. The van der Waals surface area contributed by atoms with Crippen LogP contribution in [0.5, 0.6) is 0 Å². The highest BCUT2D eigenvalue weighted by Crippen LogP contribution is 2.41. The summed E-state index contributed by atoms with van der Waals surface area (Å²) in [7, 11) is 0. The van der Waals surface area contributed by atoms with Gasteiger partial charge in [0, 0.05) is 34.1 Å². The van der Waals surface area contributed by atoms with Gasteiger partial charge in [0.2, 0.25) is 5.89 Å². The second-order valence-corrected chi connectivity index (χ2v) is 11.2. The number of aromatic nitrogens is 1. The largest absolute Gasteiger partial charge is 0.456 e. The lowest BCUT2D eigenvalue weighted by molar-refractivity contribution is 0.619. The number of benzene rings is 7. The molecule has 0 amide bonds. The highest BCUT2D eigenvalue weighted by Gasteiger charge is 2.19. The van der Waals surface area contributed by atoms with E-state index in [2.05, 4.69) is 114 Å². The van der Waals surface area contributed by atoms with Crippen molar-refractivity contribution in [3.05, 3.63) is 158 Å². The quantitative estimate of drug-likeness (QED) is 0.204. The van der Waals surface area contributed by atoms with Crippen LogP contribution in [-0.2, 0) is 0 Å². The van der Waals surface area contributed by atoms with Crippen molar-refractivity contribution in [1.82, 2.24) is 4.98 Å². The molecule has 4 nitrogen and oxygen atoms in total. The van der Waals surface area contributed by atoms with Crippen LogP contribution in [0.25, 0.3) is 66.4 Å². The Hall–Kier alpha value is -6.13. The molecule has 4 heteroatoms. The average Bonchev–Trinajstić information content (AvgIpc) is 3.71. The van der Waals surface area contributed by atoms with Crippen molar-refractivity contribution in [3.8, 4) is 22.6 Å². The molecule has 0 N–H and O–H groups in total. The van der Waals surface area contributed by atoms with E-state index >= 15 is 0 Å². The van der Waals surface area contributed by atoms with E-state index in [4.69, 9.17) is 13.8 Å². The van der Waals surface area contributed by atoms with Gasteiger partial charge in [-0.05, 0) is 82.6 Å². The van der Waals surface area contributed by atoms with Crippen LogP contribution in [0, 0.1) is 0 Å². The molecule has 2 heterocycles. The minimum absolute atomic E-state index is 0.602. The van der Waals surface area contributed by atoms with Gasteiger partial charge in [-0.15, -0.1) is 0 Å². The smallest absolute Gasteiger partial charge is 0.227 e. The van der Waals surface area contributed by atoms with Crippen LogP contribution in [0.1, 0.15) is 0 Å². The van der Waals surface area contributed by atoms with Crippen LogP contribution >= 0.6 is 0 Å². The number of anilines is 3. The van der Waals surface area contributed by atoms with Crippen LogP contribution in [0.4, 0.5) is 17.1 Å². The molecule has 0 radical (unpaired) electrons. The third kappa shape index (κ3) is 4.35. The van der Waals surface area contributed by atoms with Crippen molar-refractivity contribution >= 4 is 60.9 Å². The van der Waals surface area contributed by atoms with E-state index in [1.54, 1.807) is 0 Å². The molecule has 7 aromatic carbocycles. The van der Waals surface area contributed by atoms with Crippen LogP contribution in [-0.4, -0.2) is 4.98 Å². The molecule has 212 valence electrons. The van der Waals surface area contributed by atoms with Crippen LogP contribution in [0.15, 0.2) is 167 Å². The third-order valence-corrected chi connectivity index (χ3v) is 8.48. The lowest BCUT2D eigenvalue weighted by Gasteiger charge is -2.26. The number of rotatable bonds is 5. The molecule has 0 spiro atoms. The Labute approximate surface area is 259 Å². The molecule has 0 saturated heterocycles. The molecule has 0 saturated carbocycles. The summed E-state index contributed by atoms with van der Waals surface area (Å²) in [6.07, 6.45) is 0. The molecule has 9 aromatic rings. The van der Waals surface area contributed by atoms with E-state index in [9.17, 15) is 0 Å². The van der Waals surface area contributed by atoms with Crippen molar-refractivity contribution in [2.75, 3.05) is 4.90 Å². The summed E-state index contributed by atoms with van der Waals surface area (Å²) in [5.41, 5.74) is 9.58. The number of hydrogen-bond donors (Lipinski definition) is 0. The van der Waals surface area contributed by atoms with E-state index in [1.807, 2.05) is 48.5 Å². The van der Waals surface area contributed by atoms with Crippen molar-refractivity contribution in [1.29, 1.82) is 0 Å². The van der Waals surface area contributed by atoms with E-state index in [0.29, 0.717) is 5.89 Å². The predicted octanol–water partition coefficient (Wildman–Crippen LogP) is 11.7. The maximum Gasteiger partial charge on any atom is 0.227 e. The van der Waals surface area contributed by atoms with Gasteiger partial charge < -0.3 is 13.7 Å². The molecule has 0 fully saturated rings. The molecular formula is C41H26N2O2. The molecule has 0 aliphatic heterocycles. The number of oxazole rings is 1. The number of fused-ring (bicyclic) bond motifs is 6. The summed E-state index contributed by atoms with van der Waals surface area (Å²) in [6.45, 7) is 0. The van der Waals surface area contributed by atoms with E-state index < -0.39 is 0 Å². The molecule has 0 aliphatic carbocycles. The van der Waals surface area contributed by atoms with Gasteiger partial charge in [0.25, 0.3) is 0 Å². The first-order chi connectivity index (χ1) is 22.3. The highest BCUT2D eigenvalue weighted by molar-refractivity contribution is 6.17. The summed E-state index contributed by atoms with van der Waals surface area (Å²) < 4.78 is 12.7. The fourth-order valence-electron chi connectivity index (χ4n) is 6.28. The van der Waals surface area contributed by atoms with Crippen LogP contribution < -0.4 is 4.90 Å². The van der Waals surface area contributed by atoms with Crippen LogP contribution in [0.2, 0.25) is 0 Å². The van der Waals surface area contributed by atoms with Gasteiger partial charge in [0.05, 0.1) is 5.39 Å². The first-order valence-electron chi connectivity index (χ1n) is 15.0. The van der Waals surface area contributed by atoms with Crippen molar-refractivity contribution < 1.29 is 8.83 Å². The highest BCUT2D eigenvalue weighted by atomic mass is 16.4. The minimum Gasteiger partial charge on any atom is -0.456 e. The Kier molecular flexibility index (Phi) is 5.78. The summed E-state index contributed by atoms with van der Waals surface area (Å²) in [5, 5.41) is 4.36. The molecule has 0 unspecified atom stereocenters. The zero-order valence-corrected chi connectivity index (χ0v) is 24.2. The standard InChI is InChI=1S/C41H26N2O2/c1-3-9-27(10-4-1)29-15-18-32(19-16-29)43(33-20-17-28-11-7-8-14-31(28)25-33)34-21-22-35-38(26-34)44-36-23-24-37-40(39(35)36)42-41(45-37)30-12-5-2-6-13-30/h1-26H.